The van der Waals surface area contributed by atoms with Gasteiger partial charge in [-0.25, -0.2) is 4.79 Å². The number of nitrogens with two attached hydrogens (primary N) is 2. The number of hydrogen-bond acceptors (Lipinski definition) is 5. The van der Waals surface area contributed by atoms with Crippen LogP contribution in [0.3, 0.4) is 0 Å². The van der Waals surface area contributed by atoms with Crippen LogP contribution >= 0.6 is 0 Å². The van der Waals surface area contributed by atoms with Crippen molar-refractivity contribution in [2.75, 3.05) is 18.1 Å². The summed E-state index contributed by atoms with van der Waals surface area (Å²) >= 11 is 0. The van der Waals surface area contributed by atoms with Gasteiger partial charge in [-0.05, 0) is 25.1 Å². The molecule has 5 heteroatoms. The number of benzene rings is 1. The van der Waals surface area contributed by atoms with Crippen LogP contribution in [0, 0.1) is 0 Å². The first-order chi connectivity index (χ1) is 6.99. The molecule has 0 spiro atoms. The number of carbonyl (C=O) groups is 1. The number of ether oxygens (including phenoxy) is 1. The summed E-state index contributed by atoms with van der Waals surface area (Å²) in [7, 11) is 0. The van der Waals surface area contributed by atoms with Crippen molar-refractivity contribution in [3.63, 3.8) is 0 Å². The van der Waals surface area contributed by atoms with Crippen molar-refractivity contribution >= 4 is 17.3 Å². The predicted octanol–water partition coefficient (Wildman–Crippen LogP) is 0.389. The highest BCUT2D eigenvalue weighted by atomic mass is 16.5. The number of esters is 1. The zero-order valence-corrected chi connectivity index (χ0v) is 8.43. The van der Waals surface area contributed by atoms with E-state index in [1.807, 2.05) is 0 Å². The molecule has 0 aliphatic carbocycles. The number of carbonyl (C=O) groups excluding carboxylic acids is 1. The lowest BCUT2D eigenvalue weighted by Gasteiger charge is -2.07. The molecule has 0 bridgehead atoms. The van der Waals surface area contributed by atoms with Crippen LogP contribution in [0.2, 0.25) is 0 Å². The van der Waals surface area contributed by atoms with Crippen LogP contribution in [0.15, 0.2) is 18.2 Å². The van der Waals surface area contributed by atoms with Crippen LogP contribution in [0.5, 0.6) is 0 Å². The summed E-state index contributed by atoms with van der Waals surface area (Å²) in [6.07, 6.45) is -0.688. The quantitative estimate of drug-likeness (QED) is 0.495. The Morgan fingerprint density at radius 3 is 2.40 bits per heavy atom. The molecular weight excluding hydrogens is 196 g/mol. The maximum absolute atomic E-state index is 11.4. The van der Waals surface area contributed by atoms with E-state index in [1.54, 1.807) is 6.07 Å². The van der Waals surface area contributed by atoms with E-state index in [2.05, 4.69) is 0 Å². The van der Waals surface area contributed by atoms with Gasteiger partial charge in [0.25, 0.3) is 0 Å². The van der Waals surface area contributed by atoms with Gasteiger partial charge in [0.15, 0.2) is 0 Å². The van der Waals surface area contributed by atoms with Crippen molar-refractivity contribution in [1.82, 2.24) is 0 Å². The highest BCUT2D eigenvalue weighted by Gasteiger charge is 2.09. The Bertz CT molecular complexity index is 343. The number of rotatable bonds is 3. The average Bonchev–Trinajstić information content (AvgIpc) is 2.12. The first kappa shape index (κ1) is 11.3. The first-order valence-electron chi connectivity index (χ1n) is 4.50. The molecule has 0 aromatic heterocycles. The van der Waals surface area contributed by atoms with Gasteiger partial charge < -0.3 is 21.3 Å². The summed E-state index contributed by atoms with van der Waals surface area (Å²) in [6, 6.07) is 4.49. The maximum Gasteiger partial charge on any atom is 0.338 e. The summed E-state index contributed by atoms with van der Waals surface area (Å²) in [6.45, 7) is 1.48. The van der Waals surface area contributed by atoms with E-state index in [1.165, 1.54) is 19.1 Å². The molecule has 0 fully saturated rings. The van der Waals surface area contributed by atoms with Crippen LogP contribution in [0.25, 0.3) is 0 Å². The topological polar surface area (TPSA) is 98.6 Å². The van der Waals surface area contributed by atoms with Crippen molar-refractivity contribution in [2.24, 2.45) is 0 Å². The van der Waals surface area contributed by atoms with E-state index in [-0.39, 0.29) is 12.2 Å². The summed E-state index contributed by atoms with van der Waals surface area (Å²) < 4.78 is 4.80. The van der Waals surface area contributed by atoms with Gasteiger partial charge in [0.1, 0.15) is 6.61 Å². The third kappa shape index (κ3) is 3.47. The highest BCUT2D eigenvalue weighted by Crippen LogP contribution is 2.14. The fraction of sp³-hybridized carbons (Fsp3) is 0.300. The lowest BCUT2D eigenvalue weighted by Crippen LogP contribution is -2.15. The minimum absolute atomic E-state index is 0.0481. The lowest BCUT2D eigenvalue weighted by molar-refractivity contribution is 0.0296. The Morgan fingerprint density at radius 1 is 1.40 bits per heavy atom. The van der Waals surface area contributed by atoms with Crippen LogP contribution in [0.1, 0.15) is 17.3 Å². The second kappa shape index (κ2) is 4.65. The van der Waals surface area contributed by atoms with E-state index in [4.69, 9.17) is 21.3 Å². The zero-order chi connectivity index (χ0) is 11.4. The Hall–Kier alpha value is -1.75. The molecule has 0 amide bonds. The highest BCUT2D eigenvalue weighted by molar-refractivity contribution is 5.91. The smallest absolute Gasteiger partial charge is 0.338 e. The van der Waals surface area contributed by atoms with Gasteiger partial charge in [0, 0.05) is 11.4 Å². The van der Waals surface area contributed by atoms with Gasteiger partial charge >= 0.3 is 5.97 Å². The van der Waals surface area contributed by atoms with Crippen molar-refractivity contribution in [2.45, 2.75) is 13.0 Å². The standard InChI is InChI=1S/C10H14N2O3/c1-6(13)5-15-10(14)7-2-8(11)4-9(12)3-7/h2-4,6,13H,5,11-12H2,1H3. The molecule has 1 atom stereocenters. The molecule has 0 aliphatic rings. The minimum Gasteiger partial charge on any atom is -0.459 e. The normalized spacial score (nSPS) is 12.1. The molecule has 0 radical (unpaired) electrons. The van der Waals surface area contributed by atoms with E-state index in [9.17, 15) is 4.79 Å². The average molecular weight is 210 g/mol. The van der Waals surface area contributed by atoms with Gasteiger partial charge in [-0.1, -0.05) is 0 Å². The number of nitrogen functional groups attached to an aromatic ring is 2. The molecule has 15 heavy (non-hydrogen) atoms. The second-order valence-electron chi connectivity index (χ2n) is 3.34. The fourth-order valence-corrected chi connectivity index (χ4v) is 1.07. The Kier molecular flexibility index (Phi) is 3.51. The molecule has 82 valence electrons. The molecule has 1 aromatic carbocycles. The van der Waals surface area contributed by atoms with Gasteiger partial charge in [-0.3, -0.25) is 0 Å². The Balaban J connectivity index is 2.73. The third-order valence-electron chi connectivity index (χ3n) is 1.67. The van der Waals surface area contributed by atoms with Gasteiger partial charge in [-0.2, -0.15) is 0 Å². The molecule has 0 aliphatic heterocycles. The Labute approximate surface area is 87.6 Å². The number of aliphatic hydroxyl groups excluding tert-OH is 1. The zero-order valence-electron chi connectivity index (χ0n) is 8.43. The molecule has 5 nitrogen and oxygen atoms in total. The van der Waals surface area contributed by atoms with Crippen LogP contribution < -0.4 is 11.5 Å². The van der Waals surface area contributed by atoms with Crippen LogP contribution in [-0.2, 0) is 4.74 Å². The summed E-state index contributed by atoms with van der Waals surface area (Å²) in [5.74, 6) is -0.546. The summed E-state index contributed by atoms with van der Waals surface area (Å²) in [5.41, 5.74) is 12.1. The van der Waals surface area contributed by atoms with E-state index >= 15 is 0 Å². The van der Waals surface area contributed by atoms with E-state index < -0.39 is 12.1 Å². The van der Waals surface area contributed by atoms with Gasteiger partial charge in [0.05, 0.1) is 11.7 Å². The third-order valence-corrected chi connectivity index (χ3v) is 1.67. The lowest BCUT2D eigenvalue weighted by atomic mass is 10.2. The van der Waals surface area contributed by atoms with Crippen molar-refractivity contribution in [3.05, 3.63) is 23.8 Å². The predicted molar refractivity (Wildman–Crippen MR) is 57.2 cm³/mol. The van der Waals surface area contributed by atoms with E-state index in [0.29, 0.717) is 11.4 Å². The van der Waals surface area contributed by atoms with Crippen LogP contribution in [-0.4, -0.2) is 23.8 Å². The van der Waals surface area contributed by atoms with Gasteiger partial charge in [-0.15, -0.1) is 0 Å². The van der Waals surface area contributed by atoms with Crippen molar-refractivity contribution in [1.29, 1.82) is 0 Å². The largest absolute Gasteiger partial charge is 0.459 e. The molecule has 1 unspecified atom stereocenters. The molecular formula is C10H14N2O3. The van der Waals surface area contributed by atoms with Crippen LogP contribution in [0.4, 0.5) is 11.4 Å². The minimum atomic E-state index is -0.688. The Morgan fingerprint density at radius 2 is 1.93 bits per heavy atom. The number of aliphatic hydroxyl groups is 1. The molecule has 5 N–H and O–H groups in total. The molecule has 1 rings (SSSR count). The van der Waals surface area contributed by atoms with Crippen molar-refractivity contribution in [3.8, 4) is 0 Å². The second-order valence-corrected chi connectivity index (χ2v) is 3.34. The maximum atomic E-state index is 11.4. The molecule has 1 aromatic rings. The van der Waals surface area contributed by atoms with E-state index in [0.717, 1.165) is 0 Å². The SMILES string of the molecule is CC(O)COC(=O)c1cc(N)cc(N)c1. The number of hydrogen-bond donors (Lipinski definition) is 3. The fourth-order valence-electron chi connectivity index (χ4n) is 1.07. The van der Waals surface area contributed by atoms with Crippen molar-refractivity contribution < 1.29 is 14.6 Å². The molecule has 0 saturated carbocycles. The monoisotopic (exact) mass is 210 g/mol. The first-order valence-corrected chi connectivity index (χ1v) is 4.50. The molecule has 0 saturated heterocycles. The summed E-state index contributed by atoms with van der Waals surface area (Å²) in [4.78, 5) is 11.4. The number of anilines is 2. The molecule has 0 heterocycles. The summed E-state index contributed by atoms with van der Waals surface area (Å²) in [5, 5.41) is 8.93. The van der Waals surface area contributed by atoms with Gasteiger partial charge in [0.2, 0.25) is 0 Å².